The van der Waals surface area contributed by atoms with E-state index < -0.39 is 0 Å². The van der Waals surface area contributed by atoms with Crippen molar-refractivity contribution in [1.29, 1.82) is 0 Å². The second-order valence-corrected chi connectivity index (χ2v) is 4.67. The van der Waals surface area contributed by atoms with E-state index in [1.807, 2.05) is 44.3 Å². The van der Waals surface area contributed by atoms with Gasteiger partial charge in [0.2, 0.25) is 0 Å². The highest BCUT2D eigenvalue weighted by Crippen LogP contribution is 2.16. The van der Waals surface area contributed by atoms with Gasteiger partial charge in [0, 0.05) is 12.1 Å². The molecule has 1 heterocycles. The van der Waals surface area contributed by atoms with Gasteiger partial charge in [-0.3, -0.25) is 0 Å². The second-order valence-electron chi connectivity index (χ2n) is 4.67. The number of hydrogen-bond acceptors (Lipinski definition) is 4. The molecule has 0 fully saturated rings. The molecular weight excluding hydrogens is 254 g/mol. The summed E-state index contributed by atoms with van der Waals surface area (Å²) in [5.74, 6) is 2.66. The predicted octanol–water partition coefficient (Wildman–Crippen LogP) is 3.03. The van der Waals surface area contributed by atoms with Crippen LogP contribution in [0.2, 0.25) is 0 Å². The molecule has 20 heavy (non-hydrogen) atoms. The van der Waals surface area contributed by atoms with Gasteiger partial charge in [0.25, 0.3) is 0 Å². The van der Waals surface area contributed by atoms with Crippen molar-refractivity contribution in [3.63, 3.8) is 0 Å². The van der Waals surface area contributed by atoms with Gasteiger partial charge in [0.1, 0.15) is 23.9 Å². The number of methoxy groups -OCH3 is 1. The quantitative estimate of drug-likeness (QED) is 0.843. The Balaban J connectivity index is 1.84. The third kappa shape index (κ3) is 3.85. The molecule has 0 radical (unpaired) electrons. The van der Waals surface area contributed by atoms with Crippen LogP contribution in [-0.4, -0.2) is 14.2 Å². The number of benzene rings is 1. The fourth-order valence-electron chi connectivity index (χ4n) is 2.02. The van der Waals surface area contributed by atoms with Crippen LogP contribution in [0.4, 0.5) is 0 Å². The molecular formula is C16H21NO3. The molecule has 108 valence electrons. The summed E-state index contributed by atoms with van der Waals surface area (Å²) in [6.07, 6.45) is 0. The van der Waals surface area contributed by atoms with Crippen LogP contribution in [0.5, 0.6) is 5.75 Å². The second kappa shape index (κ2) is 7.12. The lowest BCUT2D eigenvalue weighted by Gasteiger charge is -2.04. The van der Waals surface area contributed by atoms with Gasteiger partial charge in [0.05, 0.1) is 13.7 Å². The van der Waals surface area contributed by atoms with E-state index >= 15 is 0 Å². The Labute approximate surface area is 119 Å². The average Bonchev–Trinajstić information content (AvgIpc) is 2.80. The largest absolute Gasteiger partial charge is 0.497 e. The Bertz CT molecular complexity index is 531. The fourth-order valence-corrected chi connectivity index (χ4v) is 2.02. The summed E-state index contributed by atoms with van der Waals surface area (Å²) < 4.78 is 16.4. The Morgan fingerprint density at radius 2 is 1.90 bits per heavy atom. The predicted molar refractivity (Wildman–Crippen MR) is 77.7 cm³/mol. The molecule has 0 amide bonds. The highest BCUT2D eigenvalue weighted by atomic mass is 16.5. The minimum Gasteiger partial charge on any atom is -0.497 e. The Kier molecular flexibility index (Phi) is 5.21. The van der Waals surface area contributed by atoms with Crippen molar-refractivity contribution < 1.29 is 13.9 Å². The number of hydrogen-bond donors (Lipinski definition) is 1. The van der Waals surface area contributed by atoms with Gasteiger partial charge >= 0.3 is 0 Å². The third-order valence-corrected chi connectivity index (χ3v) is 3.11. The van der Waals surface area contributed by atoms with Crippen molar-refractivity contribution in [2.24, 2.45) is 0 Å². The Hall–Kier alpha value is -1.78. The molecule has 1 aromatic heterocycles. The fraction of sp³-hybridized carbons (Fsp3) is 0.375. The summed E-state index contributed by atoms with van der Waals surface area (Å²) in [5.41, 5.74) is 2.29. The molecule has 2 aromatic rings. The van der Waals surface area contributed by atoms with Gasteiger partial charge in [-0.25, -0.2) is 0 Å². The van der Waals surface area contributed by atoms with E-state index in [0.717, 1.165) is 29.4 Å². The van der Waals surface area contributed by atoms with Gasteiger partial charge in [-0.2, -0.15) is 0 Å². The molecule has 0 bridgehead atoms. The lowest BCUT2D eigenvalue weighted by Crippen LogP contribution is -2.04. The first-order valence-electron chi connectivity index (χ1n) is 6.66. The summed E-state index contributed by atoms with van der Waals surface area (Å²) in [5, 5.41) is 3.12. The SMILES string of the molecule is CNCc1cc(COCc2ccc(OC)cc2)oc1C. The van der Waals surface area contributed by atoms with Crippen LogP contribution < -0.4 is 10.1 Å². The van der Waals surface area contributed by atoms with E-state index in [1.54, 1.807) is 7.11 Å². The summed E-state index contributed by atoms with van der Waals surface area (Å²) in [6.45, 7) is 3.83. The Morgan fingerprint density at radius 3 is 2.55 bits per heavy atom. The van der Waals surface area contributed by atoms with E-state index in [2.05, 4.69) is 5.32 Å². The van der Waals surface area contributed by atoms with Crippen LogP contribution in [0.25, 0.3) is 0 Å². The summed E-state index contributed by atoms with van der Waals surface area (Å²) in [6, 6.07) is 9.90. The summed E-state index contributed by atoms with van der Waals surface area (Å²) in [7, 11) is 3.58. The molecule has 0 aliphatic heterocycles. The van der Waals surface area contributed by atoms with Gasteiger partial charge in [-0.15, -0.1) is 0 Å². The van der Waals surface area contributed by atoms with Gasteiger partial charge in [-0.1, -0.05) is 12.1 Å². The molecule has 0 aliphatic rings. The van der Waals surface area contributed by atoms with Crippen molar-refractivity contribution in [2.75, 3.05) is 14.2 Å². The van der Waals surface area contributed by atoms with Gasteiger partial charge < -0.3 is 19.2 Å². The number of nitrogens with one attached hydrogen (secondary N) is 1. The highest BCUT2D eigenvalue weighted by Gasteiger charge is 2.06. The maximum Gasteiger partial charge on any atom is 0.130 e. The number of aryl methyl sites for hydroxylation is 1. The van der Waals surface area contributed by atoms with E-state index in [1.165, 1.54) is 5.56 Å². The first kappa shape index (κ1) is 14.6. The minimum atomic E-state index is 0.483. The zero-order chi connectivity index (χ0) is 14.4. The van der Waals surface area contributed by atoms with Crippen LogP contribution in [0.3, 0.4) is 0 Å². The summed E-state index contributed by atoms with van der Waals surface area (Å²) in [4.78, 5) is 0. The van der Waals surface area contributed by atoms with E-state index in [4.69, 9.17) is 13.9 Å². The lowest BCUT2D eigenvalue weighted by molar-refractivity contribution is 0.0923. The van der Waals surface area contributed by atoms with Crippen LogP contribution in [0.1, 0.15) is 22.6 Å². The molecule has 0 aliphatic carbocycles. The van der Waals surface area contributed by atoms with Crippen molar-refractivity contribution in [3.05, 3.63) is 53.0 Å². The number of rotatable bonds is 7. The van der Waals surface area contributed by atoms with E-state index in [-0.39, 0.29) is 0 Å². The third-order valence-electron chi connectivity index (χ3n) is 3.11. The van der Waals surface area contributed by atoms with Crippen LogP contribution in [0, 0.1) is 6.92 Å². The van der Waals surface area contributed by atoms with Crippen molar-refractivity contribution in [2.45, 2.75) is 26.7 Å². The average molecular weight is 275 g/mol. The number of furan rings is 1. The highest BCUT2D eigenvalue weighted by molar-refractivity contribution is 5.26. The van der Waals surface area contributed by atoms with E-state index in [9.17, 15) is 0 Å². The first-order valence-corrected chi connectivity index (χ1v) is 6.66. The molecule has 2 rings (SSSR count). The first-order chi connectivity index (χ1) is 9.72. The smallest absolute Gasteiger partial charge is 0.130 e. The number of ether oxygens (including phenoxy) is 2. The monoisotopic (exact) mass is 275 g/mol. The van der Waals surface area contributed by atoms with Crippen LogP contribution in [0.15, 0.2) is 34.7 Å². The zero-order valence-corrected chi connectivity index (χ0v) is 12.2. The molecule has 1 N–H and O–H groups in total. The van der Waals surface area contributed by atoms with Gasteiger partial charge in [-0.05, 0) is 37.7 Å². The van der Waals surface area contributed by atoms with Gasteiger partial charge in [0.15, 0.2) is 0 Å². The molecule has 0 saturated carbocycles. The molecule has 0 unspecified atom stereocenters. The molecule has 4 nitrogen and oxygen atoms in total. The van der Waals surface area contributed by atoms with Crippen LogP contribution >= 0.6 is 0 Å². The Morgan fingerprint density at radius 1 is 1.15 bits per heavy atom. The van der Waals surface area contributed by atoms with Crippen LogP contribution in [-0.2, 0) is 24.5 Å². The maximum atomic E-state index is 5.67. The van der Waals surface area contributed by atoms with E-state index in [0.29, 0.717) is 13.2 Å². The molecule has 0 spiro atoms. The molecule has 4 heteroatoms. The molecule has 0 atom stereocenters. The standard InChI is InChI=1S/C16H21NO3/c1-12-14(9-17-2)8-16(20-12)11-19-10-13-4-6-15(18-3)7-5-13/h4-8,17H,9-11H2,1-3H3. The van der Waals surface area contributed by atoms with Crippen molar-refractivity contribution >= 4 is 0 Å². The van der Waals surface area contributed by atoms with Crippen molar-refractivity contribution in [3.8, 4) is 5.75 Å². The topological polar surface area (TPSA) is 43.6 Å². The normalized spacial score (nSPS) is 10.8. The maximum absolute atomic E-state index is 5.67. The lowest BCUT2D eigenvalue weighted by atomic mass is 10.2. The summed E-state index contributed by atoms with van der Waals surface area (Å²) >= 11 is 0. The zero-order valence-electron chi connectivity index (χ0n) is 12.2. The molecule has 0 saturated heterocycles. The minimum absolute atomic E-state index is 0.483. The molecule has 1 aromatic carbocycles. The van der Waals surface area contributed by atoms with Crippen molar-refractivity contribution in [1.82, 2.24) is 5.32 Å².